The van der Waals surface area contributed by atoms with Crippen molar-refractivity contribution in [3.63, 3.8) is 0 Å². The maximum Gasteiger partial charge on any atom is 0.312 e. The lowest BCUT2D eigenvalue weighted by Crippen LogP contribution is -2.61. The van der Waals surface area contributed by atoms with Crippen molar-refractivity contribution in [1.82, 2.24) is 4.90 Å². The lowest BCUT2D eigenvalue weighted by atomic mass is 9.74. The van der Waals surface area contributed by atoms with Crippen LogP contribution in [0.2, 0.25) is 0 Å². The van der Waals surface area contributed by atoms with Gasteiger partial charge < -0.3 is 43.5 Å². The van der Waals surface area contributed by atoms with Crippen molar-refractivity contribution in [3.05, 3.63) is 0 Å². The first kappa shape index (κ1) is 41.0. The van der Waals surface area contributed by atoms with E-state index in [-0.39, 0.29) is 30.8 Å². The molecule has 47 heavy (non-hydrogen) atoms. The quantitative estimate of drug-likeness (QED) is 0.299. The van der Waals surface area contributed by atoms with Crippen LogP contribution >= 0.6 is 0 Å². The Bertz CT molecular complexity index is 1100. The number of aliphatic hydroxyl groups excluding tert-OH is 1. The second-order valence-electron chi connectivity index (χ2n) is 14.3. The van der Waals surface area contributed by atoms with Gasteiger partial charge in [-0.1, -0.05) is 27.7 Å². The Morgan fingerprint density at radius 2 is 1.53 bits per heavy atom. The summed E-state index contributed by atoms with van der Waals surface area (Å²) in [6.07, 6.45) is -6.33. The Balaban J connectivity index is 2.79. The minimum absolute atomic E-state index is 0.0803. The molecule has 2 aliphatic heterocycles. The fraction of sp³-hybridized carbons (Fsp3) is 0.882. The molecule has 0 radical (unpaired) electrons. The Morgan fingerprint density at radius 1 is 0.979 bits per heavy atom. The molecular weight excluding hydrogens is 614 g/mol. The average molecular weight is 674 g/mol. The van der Waals surface area contributed by atoms with E-state index in [1.165, 1.54) is 34.8 Å². The van der Waals surface area contributed by atoms with Crippen molar-refractivity contribution in [2.45, 2.75) is 149 Å². The number of rotatable bonds is 7. The highest BCUT2D eigenvalue weighted by Crippen LogP contribution is 2.40. The number of hydrogen-bond donors (Lipinski definition) is 2. The number of aliphatic hydroxyl groups is 2. The molecule has 0 aromatic heterocycles. The predicted octanol–water partition coefficient (Wildman–Crippen LogP) is 2.66. The number of cyclic esters (lactones) is 1. The summed E-state index contributed by atoms with van der Waals surface area (Å²) in [6.45, 7) is 15.7. The summed E-state index contributed by atoms with van der Waals surface area (Å²) in [5.74, 6) is -5.88. The van der Waals surface area contributed by atoms with Gasteiger partial charge in [-0.3, -0.25) is 19.2 Å². The van der Waals surface area contributed by atoms with E-state index in [0.717, 1.165) is 0 Å². The maximum absolute atomic E-state index is 13.8. The van der Waals surface area contributed by atoms with Crippen molar-refractivity contribution in [3.8, 4) is 0 Å². The standard InChI is InChI=1S/C34H59NO12/c1-14-25-34(10,41)29(39)19(4)26(38)17(2)16-33(9,42-13)30(20(5)27(44-22(7)36)21(6)31(40)46-25)47-32-28(45-23(8)37)24(35(11)12)15-18(3)43-32/h17-21,24-25,27-30,32,39,41H,14-16H2,1-13H3/t17-,18-,19+,20+,21-,24+,25-,27+,28-,29-,30-,32+,33-,34-/m1/s1. The zero-order valence-corrected chi connectivity index (χ0v) is 30.5. The smallest absolute Gasteiger partial charge is 0.312 e. The molecule has 2 heterocycles. The van der Waals surface area contributed by atoms with Crippen LogP contribution in [0.15, 0.2) is 0 Å². The zero-order chi connectivity index (χ0) is 36.2. The second kappa shape index (κ2) is 16.5. The van der Waals surface area contributed by atoms with Gasteiger partial charge in [0.15, 0.2) is 12.4 Å². The van der Waals surface area contributed by atoms with Crippen molar-refractivity contribution in [2.24, 2.45) is 23.7 Å². The Morgan fingerprint density at radius 3 is 2.02 bits per heavy atom. The number of methoxy groups -OCH3 is 1. The van der Waals surface area contributed by atoms with Gasteiger partial charge in [0.05, 0.1) is 35.9 Å². The van der Waals surface area contributed by atoms with E-state index in [0.29, 0.717) is 6.42 Å². The Kier molecular flexibility index (Phi) is 14.4. The van der Waals surface area contributed by atoms with Gasteiger partial charge in [0.1, 0.15) is 23.6 Å². The molecule has 0 amide bonds. The molecule has 0 aliphatic carbocycles. The molecule has 0 spiro atoms. The van der Waals surface area contributed by atoms with Gasteiger partial charge in [-0.2, -0.15) is 0 Å². The van der Waals surface area contributed by atoms with Crippen LogP contribution in [0.5, 0.6) is 0 Å². The SMILES string of the molecule is CC[C@H]1OC(=O)[C@H](C)[C@@H](OC(C)=O)[C@H](C)[C@@H](O[C@@H]2O[C@H](C)C[C@H](N(C)C)[C@H]2OC(C)=O)[C@](C)(OC)C[C@@H](C)C(=O)[C@H](C)[C@@H](O)[C@]1(C)O. The largest absolute Gasteiger partial charge is 0.461 e. The maximum atomic E-state index is 13.8. The van der Waals surface area contributed by atoms with Crippen molar-refractivity contribution in [1.29, 1.82) is 0 Å². The number of esters is 3. The van der Waals surface area contributed by atoms with Crippen LogP contribution in [0.4, 0.5) is 0 Å². The molecule has 0 unspecified atom stereocenters. The minimum atomic E-state index is -1.97. The van der Waals surface area contributed by atoms with Crippen LogP contribution in [0.3, 0.4) is 0 Å². The van der Waals surface area contributed by atoms with E-state index >= 15 is 0 Å². The molecule has 0 aromatic rings. The van der Waals surface area contributed by atoms with Crippen LogP contribution in [-0.2, 0) is 47.6 Å². The summed E-state index contributed by atoms with van der Waals surface area (Å²) < 4.78 is 36.5. The van der Waals surface area contributed by atoms with Gasteiger partial charge in [0.2, 0.25) is 0 Å². The number of hydrogen-bond acceptors (Lipinski definition) is 13. The number of nitrogens with zero attached hydrogens (tertiary/aromatic N) is 1. The van der Waals surface area contributed by atoms with Gasteiger partial charge in [0, 0.05) is 38.7 Å². The number of likely N-dealkylation sites (N-methyl/N-ethyl adjacent to an activating group) is 1. The highest BCUT2D eigenvalue weighted by atomic mass is 16.7. The van der Waals surface area contributed by atoms with Crippen molar-refractivity contribution < 1.29 is 57.8 Å². The van der Waals surface area contributed by atoms with E-state index in [9.17, 15) is 29.4 Å². The number of ketones is 1. The summed E-state index contributed by atoms with van der Waals surface area (Å²) in [5.41, 5.74) is -3.25. The summed E-state index contributed by atoms with van der Waals surface area (Å²) in [7, 11) is 5.20. The molecule has 2 N–H and O–H groups in total. The van der Waals surface area contributed by atoms with Crippen LogP contribution in [0, 0.1) is 23.7 Å². The first-order valence-corrected chi connectivity index (χ1v) is 16.6. The molecule has 0 bridgehead atoms. The fourth-order valence-corrected chi connectivity index (χ4v) is 7.28. The van der Waals surface area contributed by atoms with E-state index in [2.05, 4.69) is 0 Å². The zero-order valence-electron chi connectivity index (χ0n) is 30.5. The Labute approximate surface area is 279 Å². The van der Waals surface area contributed by atoms with Crippen LogP contribution in [0.1, 0.15) is 88.5 Å². The highest BCUT2D eigenvalue weighted by molar-refractivity contribution is 5.83. The van der Waals surface area contributed by atoms with Gasteiger partial charge in [-0.15, -0.1) is 0 Å². The van der Waals surface area contributed by atoms with Gasteiger partial charge in [-0.25, -0.2) is 0 Å². The predicted molar refractivity (Wildman–Crippen MR) is 171 cm³/mol. The Hall–Kier alpha value is -2.16. The van der Waals surface area contributed by atoms with Crippen molar-refractivity contribution >= 4 is 23.7 Å². The molecule has 2 rings (SSSR count). The average Bonchev–Trinajstić information content (AvgIpc) is 2.98. The fourth-order valence-electron chi connectivity index (χ4n) is 7.28. The summed E-state index contributed by atoms with van der Waals surface area (Å²) in [5, 5.41) is 22.7. The third-order valence-electron chi connectivity index (χ3n) is 10.1. The molecule has 13 heteroatoms. The van der Waals surface area contributed by atoms with E-state index in [4.69, 9.17) is 28.4 Å². The highest BCUT2D eigenvalue weighted by Gasteiger charge is 2.53. The minimum Gasteiger partial charge on any atom is -0.461 e. The monoisotopic (exact) mass is 673 g/mol. The third kappa shape index (κ3) is 9.51. The molecule has 272 valence electrons. The summed E-state index contributed by atoms with van der Waals surface area (Å²) in [4.78, 5) is 54.2. The number of ether oxygens (including phenoxy) is 6. The van der Waals surface area contributed by atoms with E-state index < -0.39 is 89.6 Å². The molecule has 2 saturated heterocycles. The molecular formula is C34H59NO12. The van der Waals surface area contributed by atoms with Crippen molar-refractivity contribution in [2.75, 3.05) is 21.2 Å². The topological polar surface area (TPSA) is 167 Å². The molecule has 0 aromatic carbocycles. The number of Topliss-reactive ketones (excluding diaryl/α,β-unsaturated/α-hetero) is 1. The summed E-state index contributed by atoms with van der Waals surface area (Å²) >= 11 is 0. The van der Waals surface area contributed by atoms with Gasteiger partial charge >= 0.3 is 17.9 Å². The normalized spacial score (nSPS) is 42.7. The number of carbonyl (C=O) groups excluding carboxylic acids is 4. The van der Waals surface area contributed by atoms with Gasteiger partial charge in [-0.05, 0) is 61.1 Å². The molecule has 2 fully saturated rings. The second-order valence-corrected chi connectivity index (χ2v) is 14.3. The van der Waals surface area contributed by atoms with E-state index in [1.807, 2.05) is 25.9 Å². The molecule has 14 atom stereocenters. The lowest BCUT2D eigenvalue weighted by molar-refractivity contribution is -0.304. The molecule has 13 nitrogen and oxygen atoms in total. The van der Waals surface area contributed by atoms with Crippen LogP contribution < -0.4 is 0 Å². The number of carbonyl (C=O) groups is 4. The van der Waals surface area contributed by atoms with Crippen LogP contribution in [0.25, 0.3) is 0 Å². The van der Waals surface area contributed by atoms with E-state index in [1.54, 1.807) is 34.6 Å². The first-order chi connectivity index (χ1) is 21.6. The third-order valence-corrected chi connectivity index (χ3v) is 10.1. The van der Waals surface area contributed by atoms with Crippen LogP contribution in [-0.4, -0.2) is 120 Å². The lowest BCUT2D eigenvalue weighted by Gasteiger charge is -2.49. The first-order valence-electron chi connectivity index (χ1n) is 16.6. The van der Waals surface area contributed by atoms with Gasteiger partial charge in [0.25, 0.3) is 0 Å². The molecule has 2 aliphatic rings. The summed E-state index contributed by atoms with van der Waals surface area (Å²) in [6, 6.07) is -0.268. The molecule has 0 saturated carbocycles.